The van der Waals surface area contributed by atoms with Crippen LogP contribution in [0.15, 0.2) is 18.2 Å². The normalized spacial score (nSPS) is 25.1. The molecule has 2 heterocycles. The lowest BCUT2D eigenvalue weighted by molar-refractivity contribution is 0.263. The molecule has 0 saturated heterocycles. The highest BCUT2D eigenvalue weighted by molar-refractivity contribution is 5.68. The molecule has 4 rings (SSSR count). The topological polar surface area (TPSA) is 15.3 Å². The molecule has 1 saturated carbocycles. The molecule has 84 valence electrons. The van der Waals surface area contributed by atoms with Gasteiger partial charge in [-0.2, -0.15) is 0 Å². The smallest absolute Gasteiger partial charge is 0.0451 e. The van der Waals surface area contributed by atoms with E-state index in [1.165, 1.54) is 37.9 Å². The zero-order valence-electron chi connectivity index (χ0n) is 9.63. The molecule has 1 N–H and O–H groups in total. The summed E-state index contributed by atoms with van der Waals surface area (Å²) in [5, 5.41) is 3.52. The third-order valence-corrected chi connectivity index (χ3v) is 4.69. The first-order valence-electron chi connectivity index (χ1n) is 6.47. The van der Waals surface area contributed by atoms with Gasteiger partial charge in [0.25, 0.3) is 0 Å². The number of hydrogen-bond acceptors (Lipinski definition) is 2. The van der Waals surface area contributed by atoms with Crippen LogP contribution in [-0.2, 0) is 12.0 Å². The van der Waals surface area contributed by atoms with E-state index < -0.39 is 0 Å². The molecular formula is C14H18N2. The molecular weight excluding hydrogens is 196 g/mol. The summed E-state index contributed by atoms with van der Waals surface area (Å²) in [6.45, 7) is 4.65. The second kappa shape index (κ2) is 3.01. The zero-order valence-corrected chi connectivity index (χ0v) is 9.63. The average Bonchev–Trinajstić information content (AvgIpc) is 2.46. The molecule has 1 fully saturated rings. The van der Waals surface area contributed by atoms with Crippen LogP contribution in [0, 0.1) is 0 Å². The van der Waals surface area contributed by atoms with Crippen molar-refractivity contribution in [1.82, 2.24) is 5.32 Å². The van der Waals surface area contributed by atoms with Gasteiger partial charge in [0, 0.05) is 37.3 Å². The van der Waals surface area contributed by atoms with E-state index in [0.29, 0.717) is 5.41 Å². The Balaban J connectivity index is 1.91. The molecule has 0 bridgehead atoms. The van der Waals surface area contributed by atoms with Crippen LogP contribution in [0.4, 0.5) is 5.69 Å². The van der Waals surface area contributed by atoms with Gasteiger partial charge >= 0.3 is 0 Å². The quantitative estimate of drug-likeness (QED) is 0.711. The second-order valence-electron chi connectivity index (χ2n) is 5.55. The van der Waals surface area contributed by atoms with Crippen LogP contribution >= 0.6 is 0 Å². The number of anilines is 1. The molecule has 1 aliphatic carbocycles. The highest BCUT2D eigenvalue weighted by Crippen LogP contribution is 2.53. The van der Waals surface area contributed by atoms with Gasteiger partial charge in [0.2, 0.25) is 0 Å². The third kappa shape index (κ3) is 1.01. The monoisotopic (exact) mass is 214 g/mol. The first kappa shape index (κ1) is 9.06. The van der Waals surface area contributed by atoms with Crippen molar-refractivity contribution < 1.29 is 0 Å². The van der Waals surface area contributed by atoms with E-state index in [1.807, 2.05) is 0 Å². The maximum absolute atomic E-state index is 3.52. The van der Waals surface area contributed by atoms with Crippen molar-refractivity contribution in [2.75, 3.05) is 24.5 Å². The fourth-order valence-electron chi connectivity index (χ4n) is 3.72. The molecule has 16 heavy (non-hydrogen) atoms. The minimum Gasteiger partial charge on any atom is -0.369 e. The number of benzene rings is 1. The summed E-state index contributed by atoms with van der Waals surface area (Å²) >= 11 is 0. The van der Waals surface area contributed by atoms with Gasteiger partial charge in [-0.1, -0.05) is 24.6 Å². The Morgan fingerprint density at radius 2 is 2.19 bits per heavy atom. The van der Waals surface area contributed by atoms with Gasteiger partial charge in [0.15, 0.2) is 0 Å². The lowest BCUT2D eigenvalue weighted by Gasteiger charge is -2.39. The largest absolute Gasteiger partial charge is 0.369 e. The Bertz CT molecular complexity index is 434. The maximum atomic E-state index is 3.52. The fourth-order valence-corrected chi connectivity index (χ4v) is 3.72. The summed E-state index contributed by atoms with van der Waals surface area (Å²) in [5.74, 6) is 0. The number of fused-ring (bicyclic) bond motifs is 1. The predicted octanol–water partition coefficient (Wildman–Crippen LogP) is 2.03. The Morgan fingerprint density at radius 3 is 3.00 bits per heavy atom. The molecule has 2 nitrogen and oxygen atoms in total. The number of nitrogens with one attached hydrogen (secondary N) is 1. The number of hydrogen-bond donors (Lipinski definition) is 1. The van der Waals surface area contributed by atoms with Crippen LogP contribution in [0.2, 0.25) is 0 Å². The summed E-state index contributed by atoms with van der Waals surface area (Å²) in [6.07, 6.45) is 4.25. The lowest BCUT2D eigenvalue weighted by atomic mass is 9.65. The summed E-state index contributed by atoms with van der Waals surface area (Å²) < 4.78 is 0. The van der Waals surface area contributed by atoms with Crippen molar-refractivity contribution >= 4 is 5.69 Å². The van der Waals surface area contributed by atoms with Gasteiger partial charge in [0.1, 0.15) is 0 Å². The van der Waals surface area contributed by atoms with Crippen molar-refractivity contribution in [3.05, 3.63) is 29.3 Å². The Hall–Kier alpha value is -1.02. The van der Waals surface area contributed by atoms with E-state index in [2.05, 4.69) is 28.4 Å². The van der Waals surface area contributed by atoms with Gasteiger partial charge in [-0.15, -0.1) is 0 Å². The molecule has 0 atom stereocenters. The molecule has 3 aliphatic rings. The molecule has 0 radical (unpaired) electrons. The van der Waals surface area contributed by atoms with Gasteiger partial charge < -0.3 is 10.2 Å². The minimum atomic E-state index is 0.544. The lowest BCUT2D eigenvalue weighted by Crippen LogP contribution is -2.40. The molecule has 1 aromatic carbocycles. The fraction of sp³-hybridized carbons (Fsp3) is 0.571. The Morgan fingerprint density at radius 1 is 1.25 bits per heavy atom. The number of rotatable bonds is 0. The molecule has 0 unspecified atom stereocenters. The summed E-state index contributed by atoms with van der Waals surface area (Å²) in [7, 11) is 0. The maximum Gasteiger partial charge on any atom is 0.0451 e. The van der Waals surface area contributed by atoms with Gasteiger partial charge in [-0.25, -0.2) is 0 Å². The Kier molecular flexibility index (Phi) is 1.70. The molecule has 2 aliphatic heterocycles. The van der Waals surface area contributed by atoms with Crippen molar-refractivity contribution in [3.8, 4) is 0 Å². The predicted molar refractivity (Wildman–Crippen MR) is 65.9 cm³/mol. The highest BCUT2D eigenvalue weighted by atomic mass is 15.2. The van der Waals surface area contributed by atoms with E-state index in [-0.39, 0.29) is 0 Å². The van der Waals surface area contributed by atoms with Crippen LogP contribution in [0.3, 0.4) is 0 Å². The van der Waals surface area contributed by atoms with E-state index in [9.17, 15) is 0 Å². The van der Waals surface area contributed by atoms with Gasteiger partial charge in [-0.3, -0.25) is 0 Å². The van der Waals surface area contributed by atoms with Crippen molar-refractivity contribution in [2.45, 2.75) is 31.2 Å². The first-order chi connectivity index (χ1) is 7.89. The standard InChI is InChI=1S/C14H18N2/c1-3-11-9-15-7-8-16-10-14(5-2-6-14)12(4-1)13(11)16/h1,3-4,15H,2,5-10H2. The molecule has 0 amide bonds. The van der Waals surface area contributed by atoms with E-state index >= 15 is 0 Å². The van der Waals surface area contributed by atoms with E-state index in [1.54, 1.807) is 11.3 Å². The van der Waals surface area contributed by atoms with Crippen LogP contribution in [-0.4, -0.2) is 19.6 Å². The molecule has 0 aromatic heterocycles. The summed E-state index contributed by atoms with van der Waals surface area (Å²) in [4.78, 5) is 2.63. The number of nitrogens with zero attached hydrogens (tertiary/aromatic N) is 1. The van der Waals surface area contributed by atoms with Gasteiger partial charge in [-0.05, 0) is 24.0 Å². The van der Waals surface area contributed by atoms with E-state index in [0.717, 1.165) is 13.1 Å². The van der Waals surface area contributed by atoms with E-state index in [4.69, 9.17) is 0 Å². The zero-order chi connectivity index (χ0) is 10.6. The van der Waals surface area contributed by atoms with Gasteiger partial charge in [0.05, 0.1) is 0 Å². The van der Waals surface area contributed by atoms with Crippen molar-refractivity contribution in [1.29, 1.82) is 0 Å². The Labute approximate surface area is 96.6 Å². The average molecular weight is 214 g/mol. The van der Waals surface area contributed by atoms with Crippen LogP contribution in [0.5, 0.6) is 0 Å². The van der Waals surface area contributed by atoms with Crippen LogP contribution in [0.25, 0.3) is 0 Å². The molecule has 2 heteroatoms. The van der Waals surface area contributed by atoms with Crippen LogP contribution < -0.4 is 10.2 Å². The first-order valence-corrected chi connectivity index (χ1v) is 6.47. The summed E-state index contributed by atoms with van der Waals surface area (Å²) in [6, 6.07) is 6.93. The second-order valence-corrected chi connectivity index (χ2v) is 5.55. The SMILES string of the molecule is c1cc2c3c(c1)C1(CCC1)CN3CCNC2. The van der Waals surface area contributed by atoms with Crippen molar-refractivity contribution in [2.24, 2.45) is 0 Å². The molecule has 1 spiro atoms. The summed E-state index contributed by atoms with van der Waals surface area (Å²) in [5.41, 5.74) is 5.29. The van der Waals surface area contributed by atoms with Crippen LogP contribution in [0.1, 0.15) is 30.4 Å². The van der Waals surface area contributed by atoms with Crippen molar-refractivity contribution in [3.63, 3.8) is 0 Å². The minimum absolute atomic E-state index is 0.544. The number of para-hydroxylation sites is 1. The third-order valence-electron chi connectivity index (χ3n) is 4.69. The molecule has 1 aromatic rings. The highest BCUT2D eigenvalue weighted by Gasteiger charge is 2.47.